The molecule has 0 aromatic heterocycles. The second kappa shape index (κ2) is 8.61. The number of hydrogen-bond acceptors (Lipinski definition) is 3. The molecule has 0 saturated heterocycles. The summed E-state index contributed by atoms with van der Waals surface area (Å²) in [6, 6.07) is 22.9. The Bertz CT molecular complexity index is 1030. The van der Waals surface area contributed by atoms with E-state index in [1.165, 1.54) is 0 Å². The molecule has 0 unspecified atom stereocenters. The van der Waals surface area contributed by atoms with Crippen molar-refractivity contribution in [2.45, 2.75) is 25.7 Å². The lowest BCUT2D eigenvalue weighted by Gasteiger charge is -2.12. The van der Waals surface area contributed by atoms with Crippen molar-refractivity contribution in [3.63, 3.8) is 0 Å². The van der Waals surface area contributed by atoms with Crippen molar-refractivity contribution in [1.82, 2.24) is 0 Å². The second-order valence-corrected chi connectivity index (χ2v) is 7.03. The topological polar surface area (TPSA) is 67.4 Å². The molecule has 0 radical (unpaired) electrons. The van der Waals surface area contributed by atoms with Crippen molar-refractivity contribution in [1.29, 1.82) is 0 Å². The van der Waals surface area contributed by atoms with Gasteiger partial charge in [-0.05, 0) is 54.3 Å². The standard InChI is InChI=1S/C24H22N2O3/c27-23(12-6-7-17-13-14-20-18(15-17)16-24(28)25-20)26-21-10-4-5-11-22(21)29-19-8-2-1-3-9-19/h1-5,8-11,13-15H,6-7,12,16H2,(H,25,28)(H,26,27). The zero-order valence-electron chi connectivity index (χ0n) is 16.0. The van der Waals surface area contributed by atoms with Crippen LogP contribution in [-0.2, 0) is 22.4 Å². The van der Waals surface area contributed by atoms with Crippen LogP contribution >= 0.6 is 0 Å². The maximum absolute atomic E-state index is 12.4. The molecule has 0 saturated carbocycles. The number of para-hydroxylation sites is 3. The van der Waals surface area contributed by atoms with Gasteiger partial charge in [-0.1, -0.05) is 42.5 Å². The van der Waals surface area contributed by atoms with Gasteiger partial charge in [0.25, 0.3) is 0 Å². The quantitative estimate of drug-likeness (QED) is 0.605. The van der Waals surface area contributed by atoms with Gasteiger partial charge in [-0.25, -0.2) is 0 Å². The van der Waals surface area contributed by atoms with Crippen LogP contribution in [0.4, 0.5) is 11.4 Å². The highest BCUT2D eigenvalue weighted by Gasteiger charge is 2.17. The third-order valence-electron chi connectivity index (χ3n) is 4.80. The van der Waals surface area contributed by atoms with Crippen molar-refractivity contribution in [3.8, 4) is 11.5 Å². The van der Waals surface area contributed by atoms with Crippen molar-refractivity contribution in [2.75, 3.05) is 10.6 Å². The minimum absolute atomic E-state index is 0.0351. The fourth-order valence-electron chi connectivity index (χ4n) is 3.38. The summed E-state index contributed by atoms with van der Waals surface area (Å²) in [5.74, 6) is 1.32. The van der Waals surface area contributed by atoms with Gasteiger partial charge >= 0.3 is 0 Å². The fraction of sp³-hybridized carbons (Fsp3) is 0.167. The SMILES string of the molecule is O=C1Cc2cc(CCCC(=O)Nc3ccccc3Oc3ccccc3)ccc2N1. The summed E-state index contributed by atoms with van der Waals surface area (Å²) < 4.78 is 5.89. The molecular formula is C24H22N2O3. The highest BCUT2D eigenvalue weighted by atomic mass is 16.5. The van der Waals surface area contributed by atoms with Gasteiger partial charge in [0, 0.05) is 12.1 Å². The van der Waals surface area contributed by atoms with Gasteiger partial charge in [0.05, 0.1) is 12.1 Å². The minimum Gasteiger partial charge on any atom is -0.455 e. The second-order valence-electron chi connectivity index (χ2n) is 7.03. The number of hydrogen-bond donors (Lipinski definition) is 2. The van der Waals surface area contributed by atoms with Crippen LogP contribution < -0.4 is 15.4 Å². The third-order valence-corrected chi connectivity index (χ3v) is 4.80. The molecule has 1 aliphatic heterocycles. The minimum atomic E-state index is -0.0490. The Morgan fingerprint density at radius 2 is 1.79 bits per heavy atom. The van der Waals surface area contributed by atoms with Gasteiger partial charge in [-0.3, -0.25) is 9.59 Å². The zero-order chi connectivity index (χ0) is 20.1. The van der Waals surface area contributed by atoms with Crippen molar-refractivity contribution in [3.05, 3.63) is 83.9 Å². The normalized spacial score (nSPS) is 12.2. The van der Waals surface area contributed by atoms with E-state index in [0.29, 0.717) is 24.3 Å². The molecule has 2 N–H and O–H groups in total. The van der Waals surface area contributed by atoms with E-state index in [2.05, 4.69) is 10.6 Å². The number of ether oxygens (including phenoxy) is 1. The van der Waals surface area contributed by atoms with Crippen LogP contribution in [-0.4, -0.2) is 11.8 Å². The molecule has 3 aromatic carbocycles. The van der Waals surface area contributed by atoms with Gasteiger partial charge in [0.15, 0.2) is 5.75 Å². The molecule has 0 aliphatic carbocycles. The lowest BCUT2D eigenvalue weighted by atomic mass is 10.0. The van der Waals surface area contributed by atoms with Gasteiger partial charge in [-0.2, -0.15) is 0 Å². The summed E-state index contributed by atoms with van der Waals surface area (Å²) in [6.07, 6.45) is 2.36. The summed E-state index contributed by atoms with van der Waals surface area (Å²) in [5.41, 5.74) is 3.72. The zero-order valence-corrected chi connectivity index (χ0v) is 16.0. The number of benzene rings is 3. The molecule has 146 valence electrons. The smallest absolute Gasteiger partial charge is 0.228 e. The summed E-state index contributed by atoms with van der Waals surface area (Å²) in [6.45, 7) is 0. The number of carbonyl (C=O) groups is 2. The number of aryl methyl sites for hydroxylation is 1. The van der Waals surface area contributed by atoms with Gasteiger partial charge in [0.1, 0.15) is 5.75 Å². The highest BCUT2D eigenvalue weighted by Crippen LogP contribution is 2.29. The Kier molecular flexibility index (Phi) is 5.56. The van der Waals surface area contributed by atoms with E-state index < -0.39 is 0 Å². The lowest BCUT2D eigenvalue weighted by molar-refractivity contribution is -0.116. The Hall–Kier alpha value is -3.60. The maximum atomic E-state index is 12.4. The van der Waals surface area contributed by atoms with E-state index in [-0.39, 0.29) is 11.8 Å². The first-order valence-electron chi connectivity index (χ1n) is 9.71. The first-order valence-corrected chi connectivity index (χ1v) is 9.71. The molecule has 0 atom stereocenters. The van der Waals surface area contributed by atoms with Crippen LogP contribution in [0.15, 0.2) is 72.8 Å². The van der Waals surface area contributed by atoms with Gasteiger partial charge < -0.3 is 15.4 Å². The average Bonchev–Trinajstić information content (AvgIpc) is 3.09. The molecule has 3 aromatic rings. The molecule has 4 rings (SSSR count). The van der Waals surface area contributed by atoms with Crippen LogP contribution in [0, 0.1) is 0 Å². The van der Waals surface area contributed by atoms with Crippen LogP contribution in [0.3, 0.4) is 0 Å². The Morgan fingerprint density at radius 1 is 1.00 bits per heavy atom. The van der Waals surface area contributed by atoms with E-state index in [1.54, 1.807) is 0 Å². The highest BCUT2D eigenvalue weighted by molar-refractivity contribution is 5.99. The first kappa shape index (κ1) is 18.7. The predicted octanol–water partition coefficient (Wildman–Crippen LogP) is 4.93. The number of nitrogens with one attached hydrogen (secondary N) is 2. The molecule has 0 spiro atoms. The predicted molar refractivity (Wildman–Crippen MR) is 113 cm³/mol. The molecule has 1 aliphatic rings. The number of anilines is 2. The molecule has 1 heterocycles. The van der Waals surface area contributed by atoms with E-state index in [0.717, 1.165) is 35.4 Å². The van der Waals surface area contributed by atoms with Crippen molar-refractivity contribution >= 4 is 23.2 Å². The van der Waals surface area contributed by atoms with Gasteiger partial charge in [-0.15, -0.1) is 0 Å². The third kappa shape index (κ3) is 4.82. The molecule has 0 fully saturated rings. The van der Waals surface area contributed by atoms with Gasteiger partial charge in [0.2, 0.25) is 11.8 Å². The molecule has 5 nitrogen and oxygen atoms in total. The van der Waals surface area contributed by atoms with Crippen LogP contribution in [0.5, 0.6) is 11.5 Å². The Balaban J connectivity index is 1.31. The average molecular weight is 386 g/mol. The first-order chi connectivity index (χ1) is 14.2. The summed E-state index contributed by atoms with van der Waals surface area (Å²) >= 11 is 0. The molecular weight excluding hydrogens is 364 g/mol. The Labute approximate surface area is 169 Å². The van der Waals surface area contributed by atoms with Crippen molar-refractivity contribution in [2.24, 2.45) is 0 Å². The fourth-order valence-corrected chi connectivity index (χ4v) is 3.38. The Morgan fingerprint density at radius 3 is 2.66 bits per heavy atom. The molecule has 29 heavy (non-hydrogen) atoms. The number of rotatable bonds is 7. The van der Waals surface area contributed by atoms with E-state index in [9.17, 15) is 9.59 Å². The summed E-state index contributed by atoms with van der Waals surface area (Å²) in [7, 11) is 0. The lowest BCUT2D eigenvalue weighted by Crippen LogP contribution is -2.12. The molecule has 2 amide bonds. The number of fused-ring (bicyclic) bond motifs is 1. The van der Waals surface area contributed by atoms with E-state index >= 15 is 0 Å². The summed E-state index contributed by atoms with van der Waals surface area (Å²) in [4.78, 5) is 23.9. The number of carbonyl (C=O) groups excluding carboxylic acids is 2. The number of amides is 2. The maximum Gasteiger partial charge on any atom is 0.228 e. The molecule has 5 heteroatoms. The van der Waals surface area contributed by atoms with Crippen molar-refractivity contribution < 1.29 is 14.3 Å². The largest absolute Gasteiger partial charge is 0.455 e. The van der Waals surface area contributed by atoms with E-state index in [1.807, 2.05) is 72.8 Å². The monoisotopic (exact) mass is 386 g/mol. The van der Waals surface area contributed by atoms with Crippen LogP contribution in [0.25, 0.3) is 0 Å². The van der Waals surface area contributed by atoms with E-state index in [4.69, 9.17) is 4.74 Å². The van der Waals surface area contributed by atoms with Crippen LogP contribution in [0.1, 0.15) is 24.0 Å². The van der Waals surface area contributed by atoms with Crippen LogP contribution in [0.2, 0.25) is 0 Å². The molecule has 0 bridgehead atoms. The summed E-state index contributed by atoms with van der Waals surface area (Å²) in [5, 5.41) is 5.78.